The topological polar surface area (TPSA) is 26.3 Å². The van der Waals surface area contributed by atoms with Crippen molar-refractivity contribution in [2.24, 2.45) is 0 Å². The zero-order valence-corrected chi connectivity index (χ0v) is 8.97. The molecule has 0 spiro atoms. The van der Waals surface area contributed by atoms with Crippen molar-refractivity contribution >= 4 is 16.8 Å². The maximum atomic E-state index is 12.6. The van der Waals surface area contributed by atoms with E-state index in [1.165, 1.54) is 12.1 Å². The Balaban J connectivity index is 3.27. The van der Waals surface area contributed by atoms with Gasteiger partial charge in [-0.2, -0.15) is 13.2 Å². The van der Waals surface area contributed by atoms with Crippen LogP contribution in [0, 0.1) is 0 Å². The molecule has 0 radical (unpaired) electrons. The van der Waals surface area contributed by atoms with Crippen molar-refractivity contribution in [2.75, 3.05) is 7.11 Å². The molecule has 0 saturated heterocycles. The molecule has 0 aliphatic carbocycles. The van der Waals surface area contributed by atoms with Crippen molar-refractivity contribution in [1.29, 1.82) is 0 Å². The predicted molar refractivity (Wildman–Crippen MR) is 52.1 cm³/mol. The normalized spacial score (nSPS) is 13.6. The molecule has 0 fully saturated rings. The van der Waals surface area contributed by atoms with Crippen LogP contribution < -0.4 is 0 Å². The average Bonchev–Trinajstić information content (AvgIpc) is 2.17. The van der Waals surface area contributed by atoms with E-state index in [1.807, 2.05) is 0 Å². The third-order valence-electron chi connectivity index (χ3n) is 1.99. The maximum absolute atomic E-state index is 12.6. The third-order valence-corrected chi connectivity index (χ3v) is 2.19. The summed E-state index contributed by atoms with van der Waals surface area (Å²) in [4.78, 5) is 10.9. The van der Waals surface area contributed by atoms with Crippen LogP contribution in [0.25, 0.3) is 0 Å². The summed E-state index contributed by atoms with van der Waals surface area (Å²) in [5.41, 5.74) is -1.20. The molecular weight excluding hydrogens is 245 g/mol. The zero-order chi connectivity index (χ0) is 12.3. The fourth-order valence-corrected chi connectivity index (χ4v) is 1.53. The number of ether oxygens (including phenoxy) is 1. The largest absolute Gasteiger partial charge is 0.416 e. The van der Waals surface area contributed by atoms with Crippen molar-refractivity contribution in [3.63, 3.8) is 0 Å². The van der Waals surface area contributed by atoms with Crippen molar-refractivity contribution in [3.8, 4) is 0 Å². The molecule has 2 nitrogen and oxygen atoms in total. The Morgan fingerprint density at radius 2 is 1.94 bits per heavy atom. The van der Waals surface area contributed by atoms with Gasteiger partial charge in [-0.05, 0) is 17.7 Å². The van der Waals surface area contributed by atoms with Crippen LogP contribution in [-0.4, -0.2) is 12.4 Å². The lowest BCUT2D eigenvalue weighted by atomic mass is 10.0. The molecular formula is C10H8ClF3O2. The first kappa shape index (κ1) is 13.0. The lowest BCUT2D eigenvalue weighted by Crippen LogP contribution is -2.16. The van der Waals surface area contributed by atoms with Gasteiger partial charge in [0.25, 0.3) is 5.24 Å². The van der Waals surface area contributed by atoms with Crippen LogP contribution in [0.4, 0.5) is 13.2 Å². The van der Waals surface area contributed by atoms with E-state index in [1.54, 1.807) is 0 Å². The highest BCUT2D eigenvalue weighted by Gasteiger charge is 2.36. The minimum Gasteiger partial charge on any atom is -0.368 e. The van der Waals surface area contributed by atoms with Gasteiger partial charge in [0.2, 0.25) is 0 Å². The molecule has 6 heteroatoms. The summed E-state index contributed by atoms with van der Waals surface area (Å²) in [6, 6.07) is 4.66. The second kappa shape index (κ2) is 4.84. The maximum Gasteiger partial charge on any atom is 0.416 e. The highest BCUT2D eigenvalue weighted by atomic mass is 35.5. The van der Waals surface area contributed by atoms with Gasteiger partial charge in [0.05, 0.1) is 5.56 Å². The first-order valence-electron chi connectivity index (χ1n) is 4.26. The predicted octanol–water partition coefficient (Wildman–Crippen LogP) is 3.16. The number of hydrogen-bond donors (Lipinski definition) is 0. The Labute approximate surface area is 95.0 Å². The summed E-state index contributed by atoms with van der Waals surface area (Å²) in [5.74, 6) is 0. The monoisotopic (exact) mass is 252 g/mol. The number of methoxy groups -OCH3 is 1. The van der Waals surface area contributed by atoms with Crippen LogP contribution in [0.3, 0.4) is 0 Å². The van der Waals surface area contributed by atoms with E-state index in [-0.39, 0.29) is 5.56 Å². The lowest BCUT2D eigenvalue weighted by Gasteiger charge is -2.17. The smallest absolute Gasteiger partial charge is 0.368 e. The highest BCUT2D eigenvalue weighted by molar-refractivity contribution is 6.64. The second-order valence-electron chi connectivity index (χ2n) is 3.00. The van der Waals surface area contributed by atoms with E-state index >= 15 is 0 Å². The number of hydrogen-bond acceptors (Lipinski definition) is 2. The fourth-order valence-electron chi connectivity index (χ4n) is 1.33. The number of alkyl halides is 3. The second-order valence-corrected chi connectivity index (χ2v) is 3.38. The number of carbonyl (C=O) groups excluding carboxylic acids is 1. The Hall–Kier alpha value is -1.07. The molecule has 0 N–H and O–H groups in total. The summed E-state index contributed by atoms with van der Waals surface area (Å²) in [5, 5.41) is -0.987. The van der Waals surface area contributed by atoms with Crippen molar-refractivity contribution < 1.29 is 22.7 Å². The average molecular weight is 253 g/mol. The molecule has 88 valence electrons. The van der Waals surface area contributed by atoms with E-state index < -0.39 is 23.1 Å². The van der Waals surface area contributed by atoms with Crippen LogP contribution in [-0.2, 0) is 15.7 Å². The molecule has 0 aromatic heterocycles. The molecule has 1 aromatic rings. The highest BCUT2D eigenvalue weighted by Crippen LogP contribution is 2.35. The molecule has 16 heavy (non-hydrogen) atoms. The van der Waals surface area contributed by atoms with Gasteiger partial charge in [0.1, 0.15) is 0 Å². The minimum atomic E-state index is -4.54. The SMILES string of the molecule is COC(C(=O)Cl)c1ccccc1C(F)(F)F. The standard InChI is InChI=1S/C10H8ClF3O2/c1-16-8(9(11)15)6-4-2-3-5-7(6)10(12,13)14/h2-5,8H,1H3. The van der Waals surface area contributed by atoms with Crippen LogP contribution in [0.5, 0.6) is 0 Å². The number of benzene rings is 1. The number of rotatable bonds is 3. The summed E-state index contributed by atoms with van der Waals surface area (Å²) < 4.78 is 42.4. The quantitative estimate of drug-likeness (QED) is 0.773. The van der Waals surface area contributed by atoms with E-state index in [9.17, 15) is 18.0 Å². The van der Waals surface area contributed by atoms with Gasteiger partial charge in [-0.1, -0.05) is 18.2 Å². The fraction of sp³-hybridized carbons (Fsp3) is 0.300. The molecule has 0 amide bonds. The van der Waals surface area contributed by atoms with Crippen LogP contribution >= 0.6 is 11.6 Å². The third kappa shape index (κ3) is 2.74. The van der Waals surface area contributed by atoms with E-state index in [0.29, 0.717) is 0 Å². The summed E-state index contributed by atoms with van der Waals surface area (Å²) >= 11 is 5.17. The van der Waals surface area contributed by atoms with E-state index in [2.05, 4.69) is 4.74 Å². The number of carbonyl (C=O) groups is 1. The van der Waals surface area contributed by atoms with Crippen LogP contribution in [0.2, 0.25) is 0 Å². The zero-order valence-electron chi connectivity index (χ0n) is 8.22. The van der Waals surface area contributed by atoms with E-state index in [4.69, 9.17) is 11.6 Å². The number of halogens is 4. The van der Waals surface area contributed by atoms with Crippen molar-refractivity contribution in [1.82, 2.24) is 0 Å². The van der Waals surface area contributed by atoms with Gasteiger partial charge in [-0.25, -0.2) is 0 Å². The molecule has 1 unspecified atom stereocenters. The summed E-state index contributed by atoms with van der Waals surface area (Å²) in [6.45, 7) is 0. The van der Waals surface area contributed by atoms with Gasteiger partial charge < -0.3 is 4.74 Å². The molecule has 1 atom stereocenters. The lowest BCUT2D eigenvalue weighted by molar-refractivity contribution is -0.140. The molecule has 0 heterocycles. The molecule has 1 aromatic carbocycles. The van der Waals surface area contributed by atoms with Crippen molar-refractivity contribution in [2.45, 2.75) is 12.3 Å². The molecule has 0 saturated carbocycles. The van der Waals surface area contributed by atoms with Gasteiger partial charge in [0, 0.05) is 12.7 Å². The molecule has 0 aliphatic rings. The van der Waals surface area contributed by atoms with E-state index in [0.717, 1.165) is 19.2 Å². The molecule has 1 rings (SSSR count). The van der Waals surface area contributed by atoms with Crippen LogP contribution in [0.1, 0.15) is 17.2 Å². The summed E-state index contributed by atoms with van der Waals surface area (Å²) in [6.07, 6.45) is -5.95. The molecule has 0 bridgehead atoms. The van der Waals surface area contributed by atoms with Gasteiger partial charge >= 0.3 is 6.18 Å². The Morgan fingerprint density at radius 3 is 2.38 bits per heavy atom. The summed E-state index contributed by atoms with van der Waals surface area (Å²) in [7, 11) is 1.12. The van der Waals surface area contributed by atoms with Crippen LogP contribution in [0.15, 0.2) is 24.3 Å². The van der Waals surface area contributed by atoms with Gasteiger partial charge in [0.15, 0.2) is 6.10 Å². The Kier molecular flexibility index (Phi) is 3.93. The molecule has 0 aliphatic heterocycles. The Bertz CT molecular complexity index is 390. The minimum absolute atomic E-state index is 0.280. The van der Waals surface area contributed by atoms with Crippen molar-refractivity contribution in [3.05, 3.63) is 35.4 Å². The Morgan fingerprint density at radius 1 is 1.38 bits per heavy atom. The first-order valence-corrected chi connectivity index (χ1v) is 4.64. The van der Waals surface area contributed by atoms with Gasteiger partial charge in [-0.3, -0.25) is 4.79 Å². The first-order chi connectivity index (χ1) is 7.38. The van der Waals surface area contributed by atoms with Gasteiger partial charge in [-0.15, -0.1) is 0 Å².